The van der Waals surface area contributed by atoms with Crippen LogP contribution in [0.5, 0.6) is 5.88 Å². The molecule has 1 aromatic heterocycles. The molecule has 0 radical (unpaired) electrons. The van der Waals surface area contributed by atoms with Gasteiger partial charge in [0.15, 0.2) is 11.5 Å². The van der Waals surface area contributed by atoms with Gasteiger partial charge in [-0.1, -0.05) is 11.6 Å². The van der Waals surface area contributed by atoms with E-state index in [0.29, 0.717) is 35.3 Å². The number of hydrogen-bond acceptors (Lipinski definition) is 5. The molecule has 0 saturated heterocycles. The third kappa shape index (κ3) is 2.49. The van der Waals surface area contributed by atoms with E-state index in [-0.39, 0.29) is 18.3 Å². The lowest BCUT2D eigenvalue weighted by Crippen LogP contribution is -2.21. The predicted octanol–water partition coefficient (Wildman–Crippen LogP) is 2.38. The van der Waals surface area contributed by atoms with Gasteiger partial charge in [-0.15, -0.1) is 0 Å². The lowest BCUT2D eigenvalue weighted by Gasteiger charge is -2.19. The molecule has 1 heterocycles. The molecule has 1 aromatic carbocycles. The summed E-state index contributed by atoms with van der Waals surface area (Å²) in [7, 11) is 1.79. The van der Waals surface area contributed by atoms with Crippen LogP contribution in [0.3, 0.4) is 0 Å². The SMILES string of the molecule is CN(CCO)c1cc(Cl)c2nc(C3(F)CC3)nc(O)c2c1. The standard InChI is InChI=1S/C14H15ClFN3O2/c1-19(4-5-20)8-6-9-11(10(15)7-8)17-13(18-12(9)21)14(16)2-3-14/h6-7,20H,2-5H2,1H3,(H,17,18,21). The van der Waals surface area contributed by atoms with Gasteiger partial charge in [0, 0.05) is 19.3 Å². The normalized spacial score (nSPS) is 16.2. The van der Waals surface area contributed by atoms with Crippen LogP contribution < -0.4 is 4.90 Å². The van der Waals surface area contributed by atoms with Gasteiger partial charge in [-0.25, -0.2) is 9.37 Å². The van der Waals surface area contributed by atoms with E-state index in [1.165, 1.54) is 0 Å². The first-order valence-corrected chi connectivity index (χ1v) is 7.04. The summed E-state index contributed by atoms with van der Waals surface area (Å²) in [6.07, 6.45) is 0.736. The van der Waals surface area contributed by atoms with Gasteiger partial charge >= 0.3 is 0 Å². The second-order valence-electron chi connectivity index (χ2n) is 5.31. The molecular weight excluding hydrogens is 297 g/mol. The molecular formula is C14H15ClFN3O2. The van der Waals surface area contributed by atoms with Gasteiger partial charge in [-0.05, 0) is 25.0 Å². The van der Waals surface area contributed by atoms with Gasteiger partial charge in [-0.3, -0.25) is 0 Å². The van der Waals surface area contributed by atoms with Crippen molar-refractivity contribution in [3.63, 3.8) is 0 Å². The van der Waals surface area contributed by atoms with E-state index in [2.05, 4.69) is 9.97 Å². The van der Waals surface area contributed by atoms with Crippen molar-refractivity contribution in [1.29, 1.82) is 0 Å². The molecule has 1 aliphatic carbocycles. The van der Waals surface area contributed by atoms with E-state index in [1.807, 2.05) is 0 Å². The molecule has 112 valence electrons. The number of aromatic hydroxyl groups is 1. The Balaban J connectivity index is 2.13. The number of aliphatic hydroxyl groups is 1. The maximum Gasteiger partial charge on any atom is 0.222 e. The molecule has 2 aromatic rings. The number of aliphatic hydroxyl groups excluding tert-OH is 1. The Bertz CT molecular complexity index is 706. The highest BCUT2D eigenvalue weighted by molar-refractivity contribution is 6.35. The van der Waals surface area contributed by atoms with Crippen molar-refractivity contribution in [3.8, 4) is 5.88 Å². The van der Waals surface area contributed by atoms with Crippen LogP contribution in [-0.4, -0.2) is 40.4 Å². The van der Waals surface area contributed by atoms with Gasteiger partial charge in [0.1, 0.15) is 0 Å². The van der Waals surface area contributed by atoms with Crippen molar-refractivity contribution in [1.82, 2.24) is 9.97 Å². The first kappa shape index (κ1) is 14.3. The number of benzene rings is 1. The highest BCUT2D eigenvalue weighted by Gasteiger charge is 2.48. The minimum Gasteiger partial charge on any atom is -0.493 e. The number of halogens is 2. The number of fused-ring (bicyclic) bond motifs is 1. The lowest BCUT2D eigenvalue weighted by molar-refractivity contribution is 0.297. The molecule has 2 N–H and O–H groups in total. The van der Waals surface area contributed by atoms with Gasteiger partial charge in [0.25, 0.3) is 0 Å². The lowest BCUT2D eigenvalue weighted by atomic mass is 10.2. The minimum absolute atomic E-state index is 0.00204. The second-order valence-corrected chi connectivity index (χ2v) is 5.71. The summed E-state index contributed by atoms with van der Waals surface area (Å²) < 4.78 is 14.1. The summed E-state index contributed by atoms with van der Waals surface area (Å²) in [4.78, 5) is 9.82. The maximum absolute atomic E-state index is 14.1. The van der Waals surface area contributed by atoms with E-state index in [1.54, 1.807) is 24.1 Å². The van der Waals surface area contributed by atoms with Crippen LogP contribution in [0.4, 0.5) is 10.1 Å². The fourth-order valence-electron chi connectivity index (χ4n) is 2.19. The number of hydrogen-bond donors (Lipinski definition) is 2. The Kier molecular flexibility index (Phi) is 3.37. The number of rotatable bonds is 4. The molecule has 0 aliphatic heterocycles. The third-order valence-corrected chi connectivity index (χ3v) is 3.97. The average Bonchev–Trinajstić information content (AvgIpc) is 3.19. The first-order chi connectivity index (χ1) is 9.94. The van der Waals surface area contributed by atoms with Crippen molar-refractivity contribution in [2.75, 3.05) is 25.1 Å². The second kappa shape index (κ2) is 4.96. The van der Waals surface area contributed by atoms with E-state index in [9.17, 15) is 9.50 Å². The molecule has 0 amide bonds. The molecule has 0 spiro atoms. The van der Waals surface area contributed by atoms with Gasteiger partial charge in [0.2, 0.25) is 5.88 Å². The third-order valence-electron chi connectivity index (χ3n) is 3.68. The number of anilines is 1. The summed E-state index contributed by atoms with van der Waals surface area (Å²) in [5.41, 5.74) is -0.472. The monoisotopic (exact) mass is 311 g/mol. The quantitative estimate of drug-likeness (QED) is 0.907. The molecule has 0 bridgehead atoms. The molecule has 3 rings (SSSR count). The summed E-state index contributed by atoms with van der Waals surface area (Å²) in [6.45, 7) is 0.424. The molecule has 21 heavy (non-hydrogen) atoms. The van der Waals surface area contributed by atoms with Crippen molar-refractivity contribution in [3.05, 3.63) is 23.0 Å². The maximum atomic E-state index is 14.1. The zero-order valence-electron chi connectivity index (χ0n) is 11.5. The molecule has 0 unspecified atom stereocenters. The minimum atomic E-state index is -1.53. The van der Waals surface area contributed by atoms with E-state index < -0.39 is 5.67 Å². The number of nitrogens with zero attached hydrogens (tertiary/aromatic N) is 3. The van der Waals surface area contributed by atoms with Crippen LogP contribution in [0.15, 0.2) is 12.1 Å². The Morgan fingerprint density at radius 3 is 2.71 bits per heavy atom. The van der Waals surface area contributed by atoms with Gasteiger partial charge in [-0.2, -0.15) is 4.98 Å². The highest BCUT2D eigenvalue weighted by atomic mass is 35.5. The summed E-state index contributed by atoms with van der Waals surface area (Å²) >= 11 is 6.21. The van der Waals surface area contributed by atoms with Gasteiger partial charge < -0.3 is 15.1 Å². The fraction of sp³-hybridized carbons (Fsp3) is 0.429. The van der Waals surface area contributed by atoms with Crippen molar-refractivity contribution in [2.45, 2.75) is 18.5 Å². The summed E-state index contributed by atoms with van der Waals surface area (Å²) in [6, 6.07) is 3.35. The average molecular weight is 312 g/mol. The molecule has 0 atom stereocenters. The summed E-state index contributed by atoms with van der Waals surface area (Å²) in [5.74, 6) is -0.286. The highest BCUT2D eigenvalue weighted by Crippen LogP contribution is 2.49. The molecule has 1 fully saturated rings. The Labute approximate surface area is 126 Å². The smallest absolute Gasteiger partial charge is 0.222 e. The number of aromatic nitrogens is 2. The zero-order valence-corrected chi connectivity index (χ0v) is 12.2. The van der Waals surface area contributed by atoms with Crippen molar-refractivity contribution >= 4 is 28.2 Å². The Morgan fingerprint density at radius 1 is 1.38 bits per heavy atom. The Hall–Kier alpha value is -1.66. The predicted molar refractivity (Wildman–Crippen MR) is 78.6 cm³/mol. The van der Waals surface area contributed by atoms with E-state index in [4.69, 9.17) is 16.7 Å². The Morgan fingerprint density at radius 2 is 2.10 bits per heavy atom. The van der Waals surface area contributed by atoms with Crippen LogP contribution in [-0.2, 0) is 5.67 Å². The van der Waals surface area contributed by atoms with Crippen LogP contribution in [0.2, 0.25) is 5.02 Å². The van der Waals surface area contributed by atoms with E-state index in [0.717, 1.165) is 5.69 Å². The molecule has 1 aliphatic rings. The van der Waals surface area contributed by atoms with Crippen LogP contribution in [0.1, 0.15) is 18.7 Å². The fourth-order valence-corrected chi connectivity index (χ4v) is 2.45. The molecule has 1 saturated carbocycles. The number of alkyl halides is 1. The number of likely N-dealkylation sites (N-methyl/N-ethyl adjacent to an activating group) is 1. The van der Waals surface area contributed by atoms with Crippen molar-refractivity contribution < 1.29 is 14.6 Å². The van der Waals surface area contributed by atoms with Crippen LogP contribution >= 0.6 is 11.6 Å². The summed E-state index contributed by atoms with van der Waals surface area (Å²) in [5, 5.41) is 19.7. The topological polar surface area (TPSA) is 69.5 Å². The van der Waals surface area contributed by atoms with Crippen LogP contribution in [0, 0.1) is 0 Å². The van der Waals surface area contributed by atoms with Crippen molar-refractivity contribution in [2.24, 2.45) is 0 Å². The van der Waals surface area contributed by atoms with Gasteiger partial charge in [0.05, 0.1) is 22.5 Å². The van der Waals surface area contributed by atoms with Crippen LogP contribution in [0.25, 0.3) is 10.9 Å². The molecule has 5 nitrogen and oxygen atoms in total. The first-order valence-electron chi connectivity index (χ1n) is 6.66. The largest absolute Gasteiger partial charge is 0.493 e. The zero-order chi connectivity index (χ0) is 15.2. The molecule has 7 heteroatoms. The van der Waals surface area contributed by atoms with E-state index >= 15 is 0 Å².